The fourth-order valence-corrected chi connectivity index (χ4v) is 5.92. The van der Waals surface area contributed by atoms with E-state index >= 15 is 0 Å². The van der Waals surface area contributed by atoms with E-state index in [0.29, 0.717) is 16.5 Å². The van der Waals surface area contributed by atoms with Gasteiger partial charge >= 0.3 is 0 Å². The lowest BCUT2D eigenvalue weighted by molar-refractivity contribution is -0.115. The number of rotatable bonds is 7. The molecule has 1 fully saturated rings. The highest BCUT2D eigenvalue weighted by Gasteiger charge is 2.39. The summed E-state index contributed by atoms with van der Waals surface area (Å²) >= 11 is 1.33. The van der Waals surface area contributed by atoms with Crippen LogP contribution < -0.4 is 27.0 Å². The van der Waals surface area contributed by atoms with Gasteiger partial charge in [-0.2, -0.15) is 0 Å². The van der Waals surface area contributed by atoms with Crippen molar-refractivity contribution in [1.29, 1.82) is 0 Å². The Morgan fingerprint density at radius 2 is 1.83 bits per heavy atom. The Bertz CT molecular complexity index is 1180. The summed E-state index contributed by atoms with van der Waals surface area (Å²) in [6, 6.07) is 7.61. The number of nitrogens with zero attached hydrogens (tertiary/aromatic N) is 1. The molecule has 3 unspecified atom stereocenters. The van der Waals surface area contributed by atoms with Crippen molar-refractivity contribution in [2.45, 2.75) is 18.5 Å². The Morgan fingerprint density at radius 1 is 1.11 bits per heavy atom. The predicted octanol–water partition coefficient (Wildman–Crippen LogP) is 1.89. The molecule has 8 nitrogen and oxygen atoms in total. The number of nitrogens with two attached hydrogens (primary N) is 1. The fraction of sp³-hybridized carbons (Fsp3) is 0.333. The van der Waals surface area contributed by atoms with Crippen molar-refractivity contribution in [2.75, 3.05) is 26.2 Å². The lowest BCUT2D eigenvalue weighted by Gasteiger charge is -2.31. The van der Waals surface area contributed by atoms with Gasteiger partial charge in [-0.3, -0.25) is 14.5 Å². The van der Waals surface area contributed by atoms with Crippen LogP contribution in [0.15, 0.2) is 83.2 Å². The molecule has 36 heavy (non-hydrogen) atoms. The maximum absolute atomic E-state index is 13.0. The second kappa shape index (κ2) is 10.4. The van der Waals surface area contributed by atoms with E-state index < -0.39 is 10.9 Å². The van der Waals surface area contributed by atoms with E-state index in [1.165, 1.54) is 17.3 Å². The second-order valence-electron chi connectivity index (χ2n) is 9.54. The molecule has 0 saturated carbocycles. The summed E-state index contributed by atoms with van der Waals surface area (Å²) in [5.74, 6) is -0.261. The van der Waals surface area contributed by atoms with E-state index in [0.717, 1.165) is 38.4 Å². The summed E-state index contributed by atoms with van der Waals surface area (Å²) in [5, 5.41) is 13.3. The Hall–Kier alpha value is -3.27. The number of benzene rings is 1. The van der Waals surface area contributed by atoms with Gasteiger partial charge < -0.3 is 27.0 Å². The van der Waals surface area contributed by atoms with Crippen LogP contribution in [0.25, 0.3) is 0 Å². The van der Waals surface area contributed by atoms with E-state index in [2.05, 4.69) is 62.6 Å². The minimum absolute atomic E-state index is 0.192. The number of thioether (sulfide) groups is 1. The molecule has 3 atom stereocenters. The fourth-order valence-electron chi connectivity index (χ4n) is 4.80. The molecular formula is C27H32N6O2S. The van der Waals surface area contributed by atoms with E-state index in [1.54, 1.807) is 0 Å². The molecular weight excluding hydrogens is 472 g/mol. The van der Waals surface area contributed by atoms with Crippen molar-refractivity contribution in [3.63, 3.8) is 0 Å². The first-order valence-corrected chi connectivity index (χ1v) is 13.1. The largest absolute Gasteiger partial charge is 0.364 e. The van der Waals surface area contributed by atoms with E-state index in [-0.39, 0.29) is 17.5 Å². The summed E-state index contributed by atoms with van der Waals surface area (Å²) < 4.78 is 0. The van der Waals surface area contributed by atoms with E-state index in [1.807, 2.05) is 37.3 Å². The molecule has 1 saturated heterocycles. The molecule has 1 aromatic rings. The molecule has 0 radical (unpaired) electrons. The molecule has 2 heterocycles. The molecule has 2 aliphatic heterocycles. The van der Waals surface area contributed by atoms with Crippen LogP contribution in [-0.4, -0.2) is 47.9 Å². The Balaban J connectivity index is 1.23. The molecule has 4 aliphatic rings. The molecule has 2 aliphatic carbocycles. The van der Waals surface area contributed by atoms with Crippen LogP contribution in [0, 0.1) is 11.8 Å². The zero-order valence-electron chi connectivity index (χ0n) is 20.3. The Labute approximate surface area is 215 Å². The zero-order valence-corrected chi connectivity index (χ0v) is 21.1. The van der Waals surface area contributed by atoms with Crippen molar-refractivity contribution in [1.82, 2.24) is 26.2 Å². The van der Waals surface area contributed by atoms with Crippen LogP contribution in [-0.2, 0) is 11.3 Å². The van der Waals surface area contributed by atoms with Crippen molar-refractivity contribution in [3.8, 4) is 0 Å². The molecule has 188 valence electrons. The first kappa shape index (κ1) is 24.4. The molecule has 2 amide bonds. The summed E-state index contributed by atoms with van der Waals surface area (Å²) in [4.78, 5) is 26.8. The number of allylic oxidation sites excluding steroid dienone is 7. The first-order chi connectivity index (χ1) is 17.4. The quantitative estimate of drug-likeness (QED) is 0.386. The Kier molecular flexibility index (Phi) is 7.04. The van der Waals surface area contributed by atoms with Gasteiger partial charge in [0.15, 0.2) is 4.99 Å². The maximum Gasteiger partial charge on any atom is 0.267 e. The predicted molar refractivity (Wildman–Crippen MR) is 143 cm³/mol. The average Bonchev–Trinajstić information content (AvgIpc) is 3.21. The number of hydrogen-bond donors (Lipinski definition) is 5. The number of hydrogen-bond acceptors (Lipinski definition) is 7. The van der Waals surface area contributed by atoms with Crippen LogP contribution in [0.3, 0.4) is 0 Å². The summed E-state index contributed by atoms with van der Waals surface area (Å²) in [6.07, 6.45) is 14.8. The van der Waals surface area contributed by atoms with Crippen LogP contribution in [0.1, 0.15) is 22.8 Å². The molecule has 5 rings (SSSR count). The zero-order chi connectivity index (χ0) is 25.1. The molecule has 0 spiro atoms. The number of carbonyl (C=O) groups excluding carboxylic acids is 2. The minimum Gasteiger partial charge on any atom is -0.364 e. The highest BCUT2D eigenvalue weighted by atomic mass is 32.2. The second-order valence-corrected chi connectivity index (χ2v) is 11.0. The molecule has 6 N–H and O–H groups in total. The Morgan fingerprint density at radius 3 is 2.56 bits per heavy atom. The summed E-state index contributed by atoms with van der Waals surface area (Å²) in [6.45, 7) is 6.82. The van der Waals surface area contributed by atoms with Crippen molar-refractivity contribution >= 4 is 23.6 Å². The van der Waals surface area contributed by atoms with Crippen LogP contribution in [0.5, 0.6) is 0 Å². The summed E-state index contributed by atoms with van der Waals surface area (Å²) in [5.41, 5.74) is 8.47. The lowest BCUT2D eigenvalue weighted by atomic mass is 9.84. The number of nitrogens with one attached hydrogen (secondary N) is 4. The highest BCUT2D eigenvalue weighted by molar-refractivity contribution is 8.04. The number of fused-ring (bicyclic) bond motifs is 1. The minimum atomic E-state index is -0.753. The number of primary amides is 1. The topological polar surface area (TPSA) is 112 Å². The van der Waals surface area contributed by atoms with Gasteiger partial charge in [0.1, 0.15) is 10.7 Å². The molecule has 0 aromatic heterocycles. The van der Waals surface area contributed by atoms with Crippen LogP contribution >= 0.6 is 11.8 Å². The van der Waals surface area contributed by atoms with Gasteiger partial charge in [0.05, 0.1) is 0 Å². The van der Waals surface area contributed by atoms with Gasteiger partial charge in [-0.05, 0) is 30.7 Å². The van der Waals surface area contributed by atoms with Gasteiger partial charge in [0.2, 0.25) is 0 Å². The highest BCUT2D eigenvalue weighted by Crippen LogP contribution is 2.37. The SMILES string of the molecule is CC1(NC2=CC3C=CC=CC3C=C2)NC(C(N)=O)=C(NC(=O)c2ccc(CN3CCNCC3)cc2)S1. The molecule has 0 bridgehead atoms. The van der Waals surface area contributed by atoms with Gasteiger partial charge in [0, 0.05) is 55.8 Å². The average molecular weight is 505 g/mol. The van der Waals surface area contributed by atoms with Gasteiger partial charge in [-0.15, -0.1) is 0 Å². The lowest BCUT2D eigenvalue weighted by Crippen LogP contribution is -2.49. The van der Waals surface area contributed by atoms with Crippen molar-refractivity contribution < 1.29 is 9.59 Å². The van der Waals surface area contributed by atoms with Gasteiger partial charge in [-0.25, -0.2) is 0 Å². The first-order valence-electron chi connectivity index (χ1n) is 12.3. The standard InChI is InChI=1S/C27H32N6O2S/c1-27(31-22-11-10-19-4-2-3-5-21(19)16-22)32-23(24(28)34)26(36-27)30-25(35)20-8-6-18(7-9-20)17-33-14-12-29-13-15-33/h2-11,16,19,21,29,31-32H,12-15,17H2,1H3,(H2,28,34)(H,30,35). The smallest absolute Gasteiger partial charge is 0.267 e. The third kappa shape index (κ3) is 5.59. The van der Waals surface area contributed by atoms with Gasteiger partial charge in [-0.1, -0.05) is 60.4 Å². The van der Waals surface area contributed by atoms with E-state index in [9.17, 15) is 9.59 Å². The molecule has 9 heteroatoms. The third-order valence-electron chi connectivity index (χ3n) is 6.68. The number of amides is 2. The summed E-state index contributed by atoms with van der Waals surface area (Å²) in [7, 11) is 0. The van der Waals surface area contributed by atoms with Crippen molar-refractivity contribution in [2.24, 2.45) is 17.6 Å². The maximum atomic E-state index is 13.0. The van der Waals surface area contributed by atoms with Gasteiger partial charge in [0.25, 0.3) is 11.8 Å². The van der Waals surface area contributed by atoms with Crippen LogP contribution in [0.4, 0.5) is 0 Å². The number of piperazine rings is 1. The normalized spacial score (nSPS) is 27.3. The van der Waals surface area contributed by atoms with E-state index in [4.69, 9.17) is 5.73 Å². The van der Waals surface area contributed by atoms with Crippen molar-refractivity contribution in [3.05, 3.63) is 94.3 Å². The van der Waals surface area contributed by atoms with Crippen LogP contribution in [0.2, 0.25) is 0 Å². The third-order valence-corrected chi connectivity index (χ3v) is 7.80. The molecule has 1 aromatic carbocycles. The monoisotopic (exact) mass is 504 g/mol. The number of carbonyl (C=O) groups is 2.